The summed E-state index contributed by atoms with van der Waals surface area (Å²) in [7, 11) is -2.42. The van der Waals surface area contributed by atoms with Crippen molar-refractivity contribution in [1.82, 2.24) is 9.21 Å². The maximum absolute atomic E-state index is 13.5. The summed E-state index contributed by atoms with van der Waals surface area (Å²) >= 11 is 4.86. The minimum absolute atomic E-state index is 0.0531. The van der Waals surface area contributed by atoms with Crippen molar-refractivity contribution in [1.29, 1.82) is 0 Å². The maximum atomic E-state index is 13.5. The number of hydrogen-bond donors (Lipinski definition) is 0. The Morgan fingerprint density at radius 3 is 2.57 bits per heavy atom. The van der Waals surface area contributed by atoms with Gasteiger partial charge in [-0.2, -0.15) is 4.31 Å². The predicted octanol–water partition coefficient (Wildman–Crippen LogP) is 4.11. The van der Waals surface area contributed by atoms with Crippen LogP contribution in [0.3, 0.4) is 0 Å². The number of amides is 1. The fraction of sp³-hybridized carbons (Fsp3) is 0.292. The van der Waals surface area contributed by atoms with Crippen molar-refractivity contribution in [3.63, 3.8) is 0 Å². The highest BCUT2D eigenvalue weighted by molar-refractivity contribution is 9.10. The molecule has 8 nitrogen and oxygen atoms in total. The Bertz CT molecular complexity index is 1250. The van der Waals surface area contributed by atoms with Crippen LogP contribution in [0.4, 0.5) is 0 Å². The molecule has 0 radical (unpaired) electrons. The van der Waals surface area contributed by atoms with Crippen molar-refractivity contribution < 1.29 is 27.4 Å². The highest BCUT2D eigenvalue weighted by atomic mass is 79.9. The van der Waals surface area contributed by atoms with E-state index >= 15 is 0 Å². The quantitative estimate of drug-likeness (QED) is 0.339. The van der Waals surface area contributed by atoms with Gasteiger partial charge in [0.15, 0.2) is 11.5 Å². The summed E-state index contributed by atoms with van der Waals surface area (Å²) in [5.41, 5.74) is 0.860. The van der Waals surface area contributed by atoms with E-state index in [9.17, 15) is 13.2 Å². The van der Waals surface area contributed by atoms with Crippen molar-refractivity contribution in [2.75, 3.05) is 33.6 Å². The van der Waals surface area contributed by atoms with E-state index in [2.05, 4.69) is 15.9 Å². The average Bonchev–Trinajstić information content (AvgIpc) is 3.53. The second-order valence-electron chi connectivity index (χ2n) is 7.80. The van der Waals surface area contributed by atoms with E-state index in [4.69, 9.17) is 14.2 Å². The van der Waals surface area contributed by atoms with Crippen LogP contribution in [0.25, 0.3) is 0 Å². The van der Waals surface area contributed by atoms with Crippen LogP contribution in [0.2, 0.25) is 0 Å². The molecule has 1 aliphatic heterocycles. The number of ether oxygens (including phenoxy) is 3. The van der Waals surface area contributed by atoms with Crippen LogP contribution in [-0.4, -0.2) is 57.1 Å². The fourth-order valence-corrected chi connectivity index (χ4v) is 5.92. The van der Waals surface area contributed by atoms with E-state index in [0.717, 1.165) is 14.9 Å². The first-order valence-corrected chi connectivity index (χ1v) is 13.9. The summed E-state index contributed by atoms with van der Waals surface area (Å²) in [5.74, 6) is 0.981. The molecule has 0 unspecified atom stereocenters. The Labute approximate surface area is 217 Å². The lowest BCUT2D eigenvalue weighted by Crippen LogP contribution is -2.43. The molecule has 0 saturated heterocycles. The molecule has 0 atom stereocenters. The summed E-state index contributed by atoms with van der Waals surface area (Å²) < 4.78 is 44.6. The van der Waals surface area contributed by atoms with Gasteiger partial charge in [0.1, 0.15) is 0 Å². The van der Waals surface area contributed by atoms with Gasteiger partial charge in [-0.1, -0.05) is 28.1 Å². The van der Waals surface area contributed by atoms with Gasteiger partial charge in [-0.3, -0.25) is 4.79 Å². The van der Waals surface area contributed by atoms with Crippen LogP contribution in [0.5, 0.6) is 11.5 Å². The molecule has 35 heavy (non-hydrogen) atoms. The molecule has 2 aromatic carbocycles. The van der Waals surface area contributed by atoms with E-state index in [1.807, 2.05) is 35.7 Å². The molecule has 0 aliphatic carbocycles. The molecular weight excluding hydrogens is 556 g/mol. The van der Waals surface area contributed by atoms with Crippen molar-refractivity contribution in [3.8, 4) is 11.5 Å². The third-order valence-electron chi connectivity index (χ3n) is 5.40. The van der Waals surface area contributed by atoms with Gasteiger partial charge in [0.25, 0.3) is 0 Å². The molecule has 1 amide bonds. The van der Waals surface area contributed by atoms with Gasteiger partial charge in [0.2, 0.25) is 22.7 Å². The predicted molar refractivity (Wildman–Crippen MR) is 136 cm³/mol. The molecule has 4 rings (SSSR count). The van der Waals surface area contributed by atoms with Crippen LogP contribution in [0.1, 0.15) is 10.4 Å². The molecule has 2 heterocycles. The van der Waals surface area contributed by atoms with Gasteiger partial charge in [0.05, 0.1) is 24.6 Å². The lowest BCUT2D eigenvalue weighted by Gasteiger charge is -2.27. The summed E-state index contributed by atoms with van der Waals surface area (Å²) in [5, 5.41) is 1.95. The van der Waals surface area contributed by atoms with Gasteiger partial charge in [0, 0.05) is 29.5 Å². The van der Waals surface area contributed by atoms with E-state index < -0.39 is 10.0 Å². The highest BCUT2D eigenvalue weighted by Gasteiger charge is 2.29. The van der Waals surface area contributed by atoms with Gasteiger partial charge in [-0.05, 0) is 53.4 Å². The van der Waals surface area contributed by atoms with Crippen molar-refractivity contribution in [3.05, 3.63) is 74.9 Å². The molecule has 1 aliphatic rings. The third kappa shape index (κ3) is 6.42. The molecule has 1 aromatic heterocycles. The van der Waals surface area contributed by atoms with Crippen LogP contribution < -0.4 is 9.47 Å². The average molecular weight is 582 g/mol. The number of hydrogen-bond acceptors (Lipinski definition) is 7. The first kappa shape index (κ1) is 25.6. The largest absolute Gasteiger partial charge is 0.454 e. The molecule has 11 heteroatoms. The Morgan fingerprint density at radius 1 is 1.09 bits per heavy atom. The molecule has 0 spiro atoms. The number of sulfonamides is 1. The topological polar surface area (TPSA) is 85.4 Å². The standard InChI is InChI=1S/C24H25BrN2O6S2/c1-31-11-10-27(35(29,30)21-7-5-19(25)6-8-21)16-24(28)26(15-20-3-2-12-34-20)14-18-4-9-22-23(13-18)33-17-32-22/h2-9,12-13H,10-11,14-17H2,1H3. The lowest BCUT2D eigenvalue weighted by atomic mass is 10.2. The zero-order valence-electron chi connectivity index (χ0n) is 19.1. The van der Waals surface area contributed by atoms with E-state index in [1.54, 1.807) is 28.4 Å². The minimum Gasteiger partial charge on any atom is -0.454 e. The van der Waals surface area contributed by atoms with Crippen LogP contribution in [0.15, 0.2) is 69.3 Å². The maximum Gasteiger partial charge on any atom is 0.243 e. The van der Waals surface area contributed by atoms with Crippen molar-refractivity contribution >= 4 is 43.2 Å². The third-order valence-corrected chi connectivity index (χ3v) is 8.65. The number of carbonyl (C=O) groups excluding carboxylic acids is 1. The summed E-state index contributed by atoms with van der Waals surface area (Å²) in [6, 6.07) is 15.8. The van der Waals surface area contributed by atoms with Crippen LogP contribution >= 0.6 is 27.3 Å². The van der Waals surface area contributed by atoms with Gasteiger partial charge in [-0.15, -0.1) is 11.3 Å². The SMILES string of the molecule is COCCN(CC(=O)N(Cc1ccc2c(c1)OCO2)Cc1cccs1)S(=O)(=O)c1ccc(Br)cc1. The number of benzene rings is 2. The van der Waals surface area contributed by atoms with Gasteiger partial charge >= 0.3 is 0 Å². The van der Waals surface area contributed by atoms with E-state index in [0.29, 0.717) is 24.6 Å². The first-order valence-electron chi connectivity index (χ1n) is 10.8. The summed E-state index contributed by atoms with van der Waals surface area (Å²) in [6.07, 6.45) is 0. The summed E-state index contributed by atoms with van der Waals surface area (Å²) in [6.45, 7) is 0.732. The lowest BCUT2D eigenvalue weighted by molar-refractivity contribution is -0.132. The number of thiophene rings is 1. The number of methoxy groups -OCH3 is 1. The molecule has 0 N–H and O–H groups in total. The Balaban J connectivity index is 1.57. The van der Waals surface area contributed by atoms with Gasteiger partial charge < -0.3 is 19.1 Å². The number of rotatable bonds is 11. The zero-order valence-corrected chi connectivity index (χ0v) is 22.3. The number of halogens is 1. The number of nitrogens with zero attached hydrogens (tertiary/aromatic N) is 2. The molecular formula is C24H25BrN2O6S2. The molecule has 0 bridgehead atoms. The second-order valence-corrected chi connectivity index (χ2v) is 11.7. The molecule has 3 aromatic rings. The summed E-state index contributed by atoms with van der Waals surface area (Å²) in [4.78, 5) is 16.3. The first-order chi connectivity index (χ1) is 16.9. The van der Waals surface area contributed by atoms with E-state index in [-0.39, 0.29) is 37.3 Å². The second kappa shape index (κ2) is 11.5. The van der Waals surface area contributed by atoms with Crippen LogP contribution in [0, 0.1) is 0 Å². The number of carbonyl (C=O) groups is 1. The monoisotopic (exact) mass is 580 g/mol. The Kier molecular flexibility index (Phi) is 8.45. The smallest absolute Gasteiger partial charge is 0.243 e. The van der Waals surface area contributed by atoms with Gasteiger partial charge in [-0.25, -0.2) is 8.42 Å². The fourth-order valence-electron chi connectivity index (χ4n) is 3.57. The zero-order chi connectivity index (χ0) is 24.8. The normalized spacial score (nSPS) is 12.8. The molecule has 186 valence electrons. The minimum atomic E-state index is -3.91. The molecule has 0 fully saturated rings. The van der Waals surface area contributed by atoms with Crippen LogP contribution in [-0.2, 0) is 32.6 Å². The Hall–Kier alpha value is -2.44. The highest BCUT2D eigenvalue weighted by Crippen LogP contribution is 2.33. The number of fused-ring (bicyclic) bond motifs is 1. The Morgan fingerprint density at radius 2 is 1.86 bits per heavy atom. The molecule has 0 saturated carbocycles. The van der Waals surface area contributed by atoms with Crippen molar-refractivity contribution in [2.45, 2.75) is 18.0 Å². The van der Waals surface area contributed by atoms with E-state index in [1.165, 1.54) is 23.5 Å². The van der Waals surface area contributed by atoms with Crippen molar-refractivity contribution in [2.24, 2.45) is 0 Å².